The van der Waals surface area contributed by atoms with E-state index in [1.54, 1.807) is 18.2 Å². The molecule has 0 aliphatic carbocycles. The molecule has 1 aromatic carbocycles. The number of nitrogens with one attached hydrogen (secondary N) is 4. The summed E-state index contributed by atoms with van der Waals surface area (Å²) in [5.74, 6) is -0.684. The van der Waals surface area contributed by atoms with E-state index >= 15 is 0 Å². The van der Waals surface area contributed by atoms with Gasteiger partial charge in [-0.2, -0.15) is 0 Å². The van der Waals surface area contributed by atoms with Crippen LogP contribution in [0.1, 0.15) is 42.9 Å². The van der Waals surface area contributed by atoms with E-state index in [2.05, 4.69) is 20.6 Å². The second-order valence-corrected chi connectivity index (χ2v) is 6.79. The van der Waals surface area contributed by atoms with Crippen molar-refractivity contribution in [2.24, 2.45) is 5.92 Å². The van der Waals surface area contributed by atoms with E-state index in [1.165, 1.54) is 6.26 Å². The molecule has 27 heavy (non-hydrogen) atoms. The Balaban J connectivity index is 1.71. The van der Waals surface area contributed by atoms with Gasteiger partial charge >= 0.3 is 5.69 Å². The number of carbonyl (C=O) groups is 2. The number of aromatic amines is 2. The SMILES string of the molecule is CC(C)[C@@H](NC(=O)c1ccco1)C(=O)N[C@@H](C)c1ccc2[nH]c(=O)[nH]c2c1. The molecule has 0 saturated heterocycles. The highest BCUT2D eigenvalue weighted by Gasteiger charge is 2.26. The van der Waals surface area contributed by atoms with Gasteiger partial charge in [-0.15, -0.1) is 0 Å². The van der Waals surface area contributed by atoms with E-state index in [-0.39, 0.29) is 29.3 Å². The quantitative estimate of drug-likeness (QED) is 0.531. The van der Waals surface area contributed by atoms with Crippen LogP contribution in [-0.2, 0) is 4.79 Å². The van der Waals surface area contributed by atoms with Gasteiger partial charge in [0, 0.05) is 0 Å². The normalized spacial score (nSPS) is 13.5. The van der Waals surface area contributed by atoms with Gasteiger partial charge in [-0.1, -0.05) is 19.9 Å². The molecule has 8 nitrogen and oxygen atoms in total. The second kappa shape index (κ2) is 7.53. The summed E-state index contributed by atoms with van der Waals surface area (Å²) >= 11 is 0. The van der Waals surface area contributed by atoms with Crippen molar-refractivity contribution < 1.29 is 14.0 Å². The fourth-order valence-electron chi connectivity index (χ4n) is 2.86. The highest BCUT2D eigenvalue weighted by atomic mass is 16.3. The number of furan rings is 1. The number of amides is 2. The summed E-state index contributed by atoms with van der Waals surface area (Å²) in [7, 11) is 0. The standard InChI is InChI=1S/C19H22N4O4/c1-10(2)16(23-17(24)15-5-4-8-27-15)18(25)20-11(3)12-6-7-13-14(9-12)22-19(26)21-13/h4-11,16H,1-3H3,(H,20,25)(H,23,24)(H2,21,22,26)/t11-,16+/m0/s1. The fraction of sp³-hybridized carbons (Fsp3) is 0.316. The number of hydrogen-bond acceptors (Lipinski definition) is 4. The Hall–Kier alpha value is -3.29. The van der Waals surface area contributed by atoms with E-state index in [4.69, 9.17) is 4.42 Å². The van der Waals surface area contributed by atoms with Gasteiger partial charge < -0.3 is 25.0 Å². The summed E-state index contributed by atoms with van der Waals surface area (Å²) in [6, 6.07) is 7.57. The smallest absolute Gasteiger partial charge is 0.323 e. The van der Waals surface area contributed by atoms with Crippen LogP contribution in [0.4, 0.5) is 0 Å². The number of aromatic nitrogens is 2. The number of hydrogen-bond donors (Lipinski definition) is 4. The third-order valence-corrected chi connectivity index (χ3v) is 4.38. The Kier molecular flexibility index (Phi) is 5.16. The lowest BCUT2D eigenvalue weighted by Gasteiger charge is -2.24. The van der Waals surface area contributed by atoms with Gasteiger partial charge in [0.2, 0.25) is 5.91 Å². The Bertz CT molecular complexity index is 1000. The molecule has 0 spiro atoms. The molecule has 0 aliphatic rings. The summed E-state index contributed by atoms with van der Waals surface area (Å²) in [5, 5.41) is 5.62. The van der Waals surface area contributed by atoms with Crippen molar-refractivity contribution in [3.05, 3.63) is 58.4 Å². The third-order valence-electron chi connectivity index (χ3n) is 4.38. The van der Waals surface area contributed by atoms with Gasteiger partial charge in [0.25, 0.3) is 5.91 Å². The first-order valence-electron chi connectivity index (χ1n) is 8.72. The molecule has 0 radical (unpaired) electrons. The fourth-order valence-corrected chi connectivity index (χ4v) is 2.86. The summed E-state index contributed by atoms with van der Waals surface area (Å²) in [4.78, 5) is 41.7. The average Bonchev–Trinajstić information content (AvgIpc) is 3.26. The van der Waals surface area contributed by atoms with Crippen LogP contribution < -0.4 is 16.3 Å². The predicted molar refractivity (Wildman–Crippen MR) is 100 cm³/mol. The summed E-state index contributed by atoms with van der Waals surface area (Å²) in [6.07, 6.45) is 1.41. The molecule has 2 heterocycles. The number of imidazole rings is 1. The highest BCUT2D eigenvalue weighted by Crippen LogP contribution is 2.17. The van der Waals surface area contributed by atoms with Gasteiger partial charge in [0.1, 0.15) is 6.04 Å². The lowest BCUT2D eigenvalue weighted by molar-refractivity contribution is -0.124. The van der Waals surface area contributed by atoms with E-state index < -0.39 is 11.9 Å². The molecule has 8 heteroatoms. The molecule has 2 atom stereocenters. The molecule has 3 aromatic rings. The van der Waals surface area contributed by atoms with Crippen molar-refractivity contribution in [3.8, 4) is 0 Å². The first-order chi connectivity index (χ1) is 12.8. The molecule has 2 aromatic heterocycles. The Morgan fingerprint density at radius 2 is 1.78 bits per heavy atom. The minimum atomic E-state index is -0.708. The summed E-state index contributed by atoms with van der Waals surface area (Å²) < 4.78 is 5.07. The van der Waals surface area contributed by atoms with Crippen molar-refractivity contribution in [1.29, 1.82) is 0 Å². The maximum atomic E-state index is 12.7. The molecule has 0 fully saturated rings. The molecular formula is C19H22N4O4. The van der Waals surface area contributed by atoms with Crippen LogP contribution in [0.15, 0.2) is 45.8 Å². The average molecular weight is 370 g/mol. The van der Waals surface area contributed by atoms with E-state index in [9.17, 15) is 14.4 Å². The molecule has 0 saturated carbocycles. The van der Waals surface area contributed by atoms with Crippen LogP contribution in [0.25, 0.3) is 11.0 Å². The molecule has 0 unspecified atom stereocenters. The molecule has 3 rings (SSSR count). The second-order valence-electron chi connectivity index (χ2n) is 6.79. The van der Waals surface area contributed by atoms with Crippen LogP contribution in [0.3, 0.4) is 0 Å². The predicted octanol–water partition coefficient (Wildman–Crippen LogP) is 2.08. The largest absolute Gasteiger partial charge is 0.459 e. The molecule has 142 valence electrons. The molecular weight excluding hydrogens is 348 g/mol. The van der Waals surface area contributed by atoms with Crippen LogP contribution in [0, 0.1) is 5.92 Å². The minimum Gasteiger partial charge on any atom is -0.459 e. The Labute approximate surface area is 155 Å². The van der Waals surface area contributed by atoms with E-state index in [1.807, 2.05) is 32.9 Å². The first kappa shape index (κ1) is 18.5. The van der Waals surface area contributed by atoms with Gasteiger partial charge in [-0.3, -0.25) is 9.59 Å². The van der Waals surface area contributed by atoms with Crippen molar-refractivity contribution in [3.63, 3.8) is 0 Å². The van der Waals surface area contributed by atoms with Crippen molar-refractivity contribution in [1.82, 2.24) is 20.6 Å². The molecule has 2 amide bonds. The van der Waals surface area contributed by atoms with Gasteiger partial charge in [-0.25, -0.2) is 4.79 Å². The zero-order valence-corrected chi connectivity index (χ0v) is 15.3. The maximum Gasteiger partial charge on any atom is 0.323 e. The molecule has 0 aliphatic heterocycles. The van der Waals surface area contributed by atoms with Crippen LogP contribution in [0.5, 0.6) is 0 Å². The lowest BCUT2D eigenvalue weighted by Crippen LogP contribution is -2.50. The molecule has 4 N–H and O–H groups in total. The van der Waals surface area contributed by atoms with Crippen LogP contribution in [-0.4, -0.2) is 27.8 Å². The number of H-pyrrole nitrogens is 2. The van der Waals surface area contributed by atoms with E-state index in [0.29, 0.717) is 11.0 Å². The number of rotatable bonds is 6. The lowest BCUT2D eigenvalue weighted by atomic mass is 10.0. The highest BCUT2D eigenvalue weighted by molar-refractivity contribution is 5.95. The van der Waals surface area contributed by atoms with Gasteiger partial charge in [0.15, 0.2) is 5.76 Å². The van der Waals surface area contributed by atoms with Crippen molar-refractivity contribution >= 4 is 22.8 Å². The zero-order chi connectivity index (χ0) is 19.6. The number of fused-ring (bicyclic) bond motifs is 1. The zero-order valence-electron chi connectivity index (χ0n) is 15.3. The Morgan fingerprint density at radius 1 is 1.04 bits per heavy atom. The van der Waals surface area contributed by atoms with Crippen molar-refractivity contribution in [2.75, 3.05) is 0 Å². The number of carbonyl (C=O) groups excluding carboxylic acids is 2. The van der Waals surface area contributed by atoms with Crippen LogP contribution >= 0.6 is 0 Å². The van der Waals surface area contributed by atoms with Crippen LogP contribution in [0.2, 0.25) is 0 Å². The number of benzene rings is 1. The maximum absolute atomic E-state index is 12.7. The van der Waals surface area contributed by atoms with Gasteiger partial charge in [0.05, 0.1) is 23.3 Å². The summed E-state index contributed by atoms with van der Waals surface area (Å²) in [5.41, 5.74) is 1.93. The van der Waals surface area contributed by atoms with Crippen molar-refractivity contribution in [2.45, 2.75) is 32.9 Å². The third kappa shape index (κ3) is 4.11. The first-order valence-corrected chi connectivity index (χ1v) is 8.72. The van der Waals surface area contributed by atoms with Gasteiger partial charge in [-0.05, 0) is 42.7 Å². The summed E-state index contributed by atoms with van der Waals surface area (Å²) in [6.45, 7) is 5.55. The monoisotopic (exact) mass is 370 g/mol. The van der Waals surface area contributed by atoms with E-state index in [0.717, 1.165) is 5.56 Å². The topological polar surface area (TPSA) is 120 Å². The Morgan fingerprint density at radius 3 is 2.44 bits per heavy atom. The minimum absolute atomic E-state index is 0.111. The molecule has 0 bridgehead atoms.